The van der Waals surface area contributed by atoms with Crippen molar-refractivity contribution < 1.29 is 0 Å². The molecule has 0 aliphatic heterocycles. The van der Waals surface area contributed by atoms with Gasteiger partial charge in [0.25, 0.3) is 0 Å². The predicted octanol–water partition coefficient (Wildman–Crippen LogP) is 2.37. The van der Waals surface area contributed by atoms with Gasteiger partial charge in [-0.3, -0.25) is 0 Å². The molecule has 0 aromatic heterocycles. The molecule has 0 bridgehead atoms. The van der Waals surface area contributed by atoms with E-state index >= 15 is 0 Å². The molecular formula is C9H8. The zero-order valence-corrected chi connectivity index (χ0v) is 5.44. The first-order chi connectivity index (χ1) is 4.30. The lowest BCUT2D eigenvalue weighted by molar-refractivity contribution is 1.45. The fourth-order valence-electron chi connectivity index (χ4n) is 0.613. The van der Waals surface area contributed by atoms with Gasteiger partial charge in [0.05, 0.1) is 0 Å². The maximum Gasteiger partial charge on any atom is -0.00401 e. The van der Waals surface area contributed by atoms with Crippen molar-refractivity contribution in [2.24, 2.45) is 0 Å². The second kappa shape index (κ2) is 2.37. The summed E-state index contributed by atoms with van der Waals surface area (Å²) in [5.41, 5.74) is 7.88. The largest absolute Gasteiger partial charge is 0.0955 e. The molecule has 0 radical (unpaired) electrons. The third-order valence-electron chi connectivity index (χ3n) is 1.15. The highest BCUT2D eigenvalue weighted by molar-refractivity contribution is 5.40. The average Bonchev–Trinajstić information content (AvgIpc) is 1.90. The van der Waals surface area contributed by atoms with Gasteiger partial charge >= 0.3 is 0 Å². The van der Waals surface area contributed by atoms with Crippen LogP contribution < -0.4 is 0 Å². The molecule has 44 valence electrons. The molecule has 0 N–H and O–H groups in total. The first-order valence-electron chi connectivity index (χ1n) is 2.84. The predicted molar refractivity (Wildman–Crippen MR) is 39.1 cm³/mol. The van der Waals surface area contributed by atoms with Crippen molar-refractivity contribution >= 4 is 0 Å². The minimum atomic E-state index is 1.07. The monoisotopic (exact) mass is 116 g/mol. The van der Waals surface area contributed by atoms with E-state index in [0.29, 0.717) is 0 Å². The van der Waals surface area contributed by atoms with Crippen molar-refractivity contribution in [2.45, 2.75) is 6.92 Å². The van der Waals surface area contributed by atoms with Gasteiger partial charge in [0.2, 0.25) is 0 Å². The molecule has 0 nitrogen and oxygen atoms in total. The van der Waals surface area contributed by atoms with Crippen molar-refractivity contribution in [1.29, 1.82) is 0 Å². The molecule has 0 aromatic carbocycles. The summed E-state index contributed by atoms with van der Waals surface area (Å²) in [5.74, 6) is 0. The van der Waals surface area contributed by atoms with E-state index in [0.717, 1.165) is 11.1 Å². The summed E-state index contributed by atoms with van der Waals surface area (Å²) in [4.78, 5) is 0. The number of hydrogen-bond donors (Lipinski definition) is 0. The van der Waals surface area contributed by atoms with E-state index in [1.807, 2.05) is 25.2 Å². The summed E-state index contributed by atoms with van der Waals surface area (Å²) in [5, 5.41) is 0. The van der Waals surface area contributed by atoms with Crippen LogP contribution in [0.4, 0.5) is 0 Å². The lowest BCUT2D eigenvalue weighted by atomic mass is 10.1. The molecule has 0 unspecified atom stereocenters. The molecule has 0 saturated heterocycles. The van der Waals surface area contributed by atoms with Crippen LogP contribution in [-0.2, 0) is 0 Å². The Balaban J connectivity index is 2.93. The average molecular weight is 116 g/mol. The zero-order valence-electron chi connectivity index (χ0n) is 5.44. The first kappa shape index (κ1) is 5.91. The Morgan fingerprint density at radius 2 is 2.33 bits per heavy atom. The van der Waals surface area contributed by atoms with Gasteiger partial charge in [-0.05, 0) is 30.7 Å². The smallest absolute Gasteiger partial charge is 0.00401 e. The number of rotatable bonds is 1. The van der Waals surface area contributed by atoms with Crippen molar-refractivity contribution in [3.63, 3.8) is 0 Å². The van der Waals surface area contributed by atoms with Crippen LogP contribution in [0.15, 0.2) is 47.4 Å². The first-order valence-corrected chi connectivity index (χ1v) is 2.84. The van der Waals surface area contributed by atoms with Gasteiger partial charge in [-0.2, -0.15) is 0 Å². The zero-order chi connectivity index (χ0) is 6.69. The van der Waals surface area contributed by atoms with E-state index < -0.39 is 0 Å². The van der Waals surface area contributed by atoms with Gasteiger partial charge in [-0.15, -0.1) is 0 Å². The fraction of sp³-hybridized carbons (Fsp3) is 0.111. The molecular weight excluding hydrogens is 108 g/mol. The van der Waals surface area contributed by atoms with Crippen molar-refractivity contribution in [1.82, 2.24) is 0 Å². The lowest BCUT2D eigenvalue weighted by Gasteiger charge is -1.96. The van der Waals surface area contributed by atoms with Gasteiger partial charge in [0, 0.05) is 0 Å². The van der Waals surface area contributed by atoms with Crippen LogP contribution in [0.3, 0.4) is 0 Å². The van der Waals surface area contributed by atoms with Crippen molar-refractivity contribution in [2.75, 3.05) is 0 Å². The Hall–Kier alpha value is -1.22. The topological polar surface area (TPSA) is 0 Å². The van der Waals surface area contributed by atoms with Gasteiger partial charge in [-0.1, -0.05) is 23.6 Å². The molecule has 0 atom stereocenters. The third-order valence-corrected chi connectivity index (χ3v) is 1.15. The van der Waals surface area contributed by atoms with Crippen molar-refractivity contribution in [3.05, 3.63) is 47.4 Å². The molecule has 1 aliphatic carbocycles. The second-order valence-corrected chi connectivity index (χ2v) is 2.00. The highest BCUT2D eigenvalue weighted by atomic mass is 13.9. The van der Waals surface area contributed by atoms with Crippen molar-refractivity contribution in [3.8, 4) is 0 Å². The quantitative estimate of drug-likeness (QED) is 0.461. The molecule has 1 rings (SSSR count). The fourth-order valence-corrected chi connectivity index (χ4v) is 0.613. The SMILES string of the molecule is C=C(C)C1=CC=C=C=C1. The molecule has 0 spiro atoms. The molecule has 0 aromatic rings. The molecule has 9 heavy (non-hydrogen) atoms. The van der Waals surface area contributed by atoms with Crippen LogP contribution in [0, 0.1) is 0 Å². The molecule has 1 aliphatic rings. The Morgan fingerprint density at radius 1 is 1.56 bits per heavy atom. The van der Waals surface area contributed by atoms with E-state index in [1.165, 1.54) is 0 Å². The van der Waals surface area contributed by atoms with Gasteiger partial charge in [-0.25, -0.2) is 0 Å². The normalized spacial score (nSPS) is 13.7. The minimum Gasteiger partial charge on any atom is -0.0955 e. The molecule has 0 heterocycles. The maximum atomic E-state index is 3.79. The summed E-state index contributed by atoms with van der Waals surface area (Å²) in [6.07, 6.45) is 5.69. The maximum absolute atomic E-state index is 3.79. The van der Waals surface area contributed by atoms with Crippen LogP contribution in [0.25, 0.3) is 0 Å². The van der Waals surface area contributed by atoms with Gasteiger partial charge in [0.1, 0.15) is 0 Å². The minimum absolute atomic E-state index is 1.07. The number of allylic oxidation sites excluding steroid dienone is 5. The Morgan fingerprint density at radius 3 is 2.67 bits per heavy atom. The third kappa shape index (κ3) is 1.33. The molecule has 0 heteroatoms. The van der Waals surface area contributed by atoms with Gasteiger partial charge in [0.15, 0.2) is 0 Å². The summed E-state index contributed by atoms with van der Waals surface area (Å²) in [7, 11) is 0. The second-order valence-electron chi connectivity index (χ2n) is 2.00. The van der Waals surface area contributed by atoms with Crippen LogP contribution in [0.2, 0.25) is 0 Å². The van der Waals surface area contributed by atoms with E-state index in [2.05, 4.69) is 18.0 Å². The summed E-state index contributed by atoms with van der Waals surface area (Å²) in [6, 6.07) is 0. The Labute approximate surface area is 55.2 Å². The summed E-state index contributed by atoms with van der Waals surface area (Å²) < 4.78 is 0. The van der Waals surface area contributed by atoms with Gasteiger partial charge < -0.3 is 0 Å². The van der Waals surface area contributed by atoms with E-state index in [9.17, 15) is 0 Å². The van der Waals surface area contributed by atoms with Crippen LogP contribution in [0.1, 0.15) is 6.92 Å². The Kier molecular flexibility index (Phi) is 1.55. The molecule has 0 amide bonds. The highest BCUT2D eigenvalue weighted by Crippen LogP contribution is 2.08. The summed E-state index contributed by atoms with van der Waals surface area (Å²) in [6.45, 7) is 5.77. The summed E-state index contributed by atoms with van der Waals surface area (Å²) >= 11 is 0. The van der Waals surface area contributed by atoms with E-state index in [4.69, 9.17) is 0 Å². The molecule has 0 saturated carbocycles. The highest BCUT2D eigenvalue weighted by Gasteiger charge is 1.90. The van der Waals surface area contributed by atoms with Crippen LogP contribution >= 0.6 is 0 Å². The Bertz CT molecular complexity index is 252. The van der Waals surface area contributed by atoms with Crippen LogP contribution in [0.5, 0.6) is 0 Å². The van der Waals surface area contributed by atoms with E-state index in [-0.39, 0.29) is 0 Å². The lowest BCUT2D eigenvalue weighted by Crippen LogP contribution is -1.77. The number of hydrogen-bond acceptors (Lipinski definition) is 0. The molecule has 0 fully saturated rings. The van der Waals surface area contributed by atoms with Crippen LogP contribution in [-0.4, -0.2) is 0 Å². The van der Waals surface area contributed by atoms with E-state index in [1.54, 1.807) is 0 Å². The standard InChI is InChI=1S/C9H8/c1-8(2)9-6-4-3-5-7-9/h4,6-7H,1H2,2H3.